The van der Waals surface area contributed by atoms with Crippen molar-refractivity contribution in [3.05, 3.63) is 35.4 Å². The Bertz CT molecular complexity index is 392. The average molecular weight is 258 g/mol. The van der Waals surface area contributed by atoms with Crippen LogP contribution in [0, 0.1) is 0 Å². The highest BCUT2D eigenvalue weighted by Gasteiger charge is 2.34. The molecule has 0 aliphatic carbocycles. The van der Waals surface area contributed by atoms with Crippen molar-refractivity contribution in [2.75, 3.05) is 13.1 Å². The lowest BCUT2D eigenvalue weighted by Gasteiger charge is -2.38. The molecule has 0 amide bonds. The Morgan fingerprint density at radius 3 is 2.28 bits per heavy atom. The summed E-state index contributed by atoms with van der Waals surface area (Å²) in [5.41, 5.74) is 5.68. The third kappa shape index (κ3) is 2.52. The van der Waals surface area contributed by atoms with Gasteiger partial charge in [0.25, 0.3) is 0 Å². The zero-order valence-electron chi connectivity index (χ0n) is 10.1. The van der Waals surface area contributed by atoms with Gasteiger partial charge in [0, 0.05) is 6.54 Å². The SMILES string of the molecule is NCC1(c2ccc(C(F)(F)F)cc2)CCCCN1. The second-order valence-electron chi connectivity index (χ2n) is 4.75. The fraction of sp³-hybridized carbons (Fsp3) is 0.538. The second-order valence-corrected chi connectivity index (χ2v) is 4.75. The fourth-order valence-corrected chi connectivity index (χ4v) is 2.48. The van der Waals surface area contributed by atoms with E-state index >= 15 is 0 Å². The van der Waals surface area contributed by atoms with E-state index in [1.54, 1.807) is 0 Å². The van der Waals surface area contributed by atoms with Gasteiger partial charge in [-0.3, -0.25) is 0 Å². The number of piperidine rings is 1. The van der Waals surface area contributed by atoms with E-state index < -0.39 is 11.7 Å². The maximum absolute atomic E-state index is 12.5. The van der Waals surface area contributed by atoms with Gasteiger partial charge >= 0.3 is 6.18 Å². The Morgan fingerprint density at radius 2 is 1.83 bits per heavy atom. The standard InChI is InChI=1S/C13H17F3N2/c14-13(15,16)11-5-3-10(4-6-11)12(9-17)7-1-2-8-18-12/h3-6,18H,1-2,7-9,17H2. The topological polar surface area (TPSA) is 38.0 Å². The molecule has 2 nitrogen and oxygen atoms in total. The van der Waals surface area contributed by atoms with Gasteiger partial charge in [-0.05, 0) is 43.5 Å². The quantitative estimate of drug-likeness (QED) is 0.855. The van der Waals surface area contributed by atoms with E-state index in [1.165, 1.54) is 12.1 Å². The maximum Gasteiger partial charge on any atom is 0.416 e. The highest BCUT2D eigenvalue weighted by atomic mass is 19.4. The van der Waals surface area contributed by atoms with Crippen molar-refractivity contribution >= 4 is 0 Å². The van der Waals surface area contributed by atoms with E-state index in [0.717, 1.165) is 43.5 Å². The summed E-state index contributed by atoms with van der Waals surface area (Å²) in [6.45, 7) is 1.26. The number of alkyl halides is 3. The lowest BCUT2D eigenvalue weighted by atomic mass is 9.82. The zero-order chi connectivity index (χ0) is 13.2. The van der Waals surface area contributed by atoms with E-state index in [-0.39, 0.29) is 5.54 Å². The normalized spacial score (nSPS) is 25.1. The van der Waals surface area contributed by atoms with Crippen LogP contribution < -0.4 is 11.1 Å². The van der Waals surface area contributed by atoms with Gasteiger partial charge in [-0.1, -0.05) is 12.1 Å². The fourth-order valence-electron chi connectivity index (χ4n) is 2.48. The third-order valence-corrected chi connectivity index (χ3v) is 3.61. The number of nitrogens with two attached hydrogens (primary N) is 1. The number of halogens is 3. The van der Waals surface area contributed by atoms with Crippen LogP contribution in [0.1, 0.15) is 30.4 Å². The Morgan fingerprint density at radius 1 is 1.17 bits per heavy atom. The van der Waals surface area contributed by atoms with Gasteiger partial charge in [-0.15, -0.1) is 0 Å². The molecule has 0 aromatic heterocycles. The van der Waals surface area contributed by atoms with Crippen molar-refractivity contribution in [3.8, 4) is 0 Å². The van der Waals surface area contributed by atoms with Crippen molar-refractivity contribution in [3.63, 3.8) is 0 Å². The summed E-state index contributed by atoms with van der Waals surface area (Å²) < 4.78 is 37.5. The predicted octanol–water partition coefficient (Wildman–Crippen LogP) is 2.63. The summed E-state index contributed by atoms with van der Waals surface area (Å²) in [5, 5.41) is 3.35. The first-order chi connectivity index (χ1) is 8.48. The van der Waals surface area contributed by atoms with Crippen LogP contribution in [-0.4, -0.2) is 13.1 Å². The Labute approximate surface area is 104 Å². The molecule has 1 aromatic carbocycles. The molecule has 1 aliphatic rings. The van der Waals surface area contributed by atoms with Crippen molar-refractivity contribution in [1.82, 2.24) is 5.32 Å². The molecule has 0 saturated carbocycles. The molecule has 1 fully saturated rings. The Hall–Kier alpha value is -1.07. The van der Waals surface area contributed by atoms with Gasteiger partial charge in [0.15, 0.2) is 0 Å². The van der Waals surface area contributed by atoms with Crippen LogP contribution in [0.5, 0.6) is 0 Å². The van der Waals surface area contributed by atoms with Crippen molar-refractivity contribution < 1.29 is 13.2 Å². The number of benzene rings is 1. The molecule has 1 unspecified atom stereocenters. The van der Waals surface area contributed by atoms with Gasteiger partial charge in [-0.25, -0.2) is 0 Å². The number of hydrogen-bond donors (Lipinski definition) is 2. The van der Waals surface area contributed by atoms with Gasteiger partial charge in [0.1, 0.15) is 0 Å². The summed E-state index contributed by atoms with van der Waals surface area (Å²) in [7, 11) is 0. The van der Waals surface area contributed by atoms with E-state index in [1.807, 2.05) is 0 Å². The van der Waals surface area contributed by atoms with Crippen LogP contribution in [0.4, 0.5) is 13.2 Å². The molecule has 0 spiro atoms. The Balaban J connectivity index is 2.27. The van der Waals surface area contributed by atoms with Crippen molar-refractivity contribution in [2.45, 2.75) is 31.0 Å². The largest absolute Gasteiger partial charge is 0.416 e. The van der Waals surface area contributed by atoms with Crippen LogP contribution in [0.15, 0.2) is 24.3 Å². The first-order valence-electron chi connectivity index (χ1n) is 6.11. The number of rotatable bonds is 2. The summed E-state index contributed by atoms with van der Waals surface area (Å²) in [6, 6.07) is 5.33. The summed E-state index contributed by atoms with van der Waals surface area (Å²) in [4.78, 5) is 0. The molecule has 18 heavy (non-hydrogen) atoms. The highest BCUT2D eigenvalue weighted by Crippen LogP contribution is 2.33. The van der Waals surface area contributed by atoms with Gasteiger partial charge in [0.05, 0.1) is 11.1 Å². The minimum Gasteiger partial charge on any atom is -0.328 e. The van der Waals surface area contributed by atoms with Crippen LogP contribution >= 0.6 is 0 Å². The minimum atomic E-state index is -4.28. The molecule has 0 radical (unpaired) electrons. The lowest BCUT2D eigenvalue weighted by molar-refractivity contribution is -0.137. The van der Waals surface area contributed by atoms with Gasteiger partial charge in [-0.2, -0.15) is 13.2 Å². The molecule has 3 N–H and O–H groups in total. The smallest absolute Gasteiger partial charge is 0.328 e. The molecule has 2 rings (SSSR count). The van der Waals surface area contributed by atoms with E-state index in [0.29, 0.717) is 6.54 Å². The minimum absolute atomic E-state index is 0.359. The second kappa shape index (κ2) is 4.90. The van der Waals surface area contributed by atoms with E-state index in [9.17, 15) is 13.2 Å². The van der Waals surface area contributed by atoms with Gasteiger partial charge in [0.2, 0.25) is 0 Å². The van der Waals surface area contributed by atoms with Crippen LogP contribution in [0.2, 0.25) is 0 Å². The monoisotopic (exact) mass is 258 g/mol. The first-order valence-corrected chi connectivity index (χ1v) is 6.11. The molecular formula is C13H17F3N2. The van der Waals surface area contributed by atoms with E-state index in [2.05, 4.69) is 5.32 Å². The maximum atomic E-state index is 12.5. The van der Waals surface area contributed by atoms with Crippen LogP contribution in [0.25, 0.3) is 0 Å². The number of nitrogens with one attached hydrogen (secondary N) is 1. The molecule has 5 heteroatoms. The van der Waals surface area contributed by atoms with E-state index in [4.69, 9.17) is 5.73 Å². The number of hydrogen-bond acceptors (Lipinski definition) is 2. The molecule has 1 aromatic rings. The molecular weight excluding hydrogens is 241 g/mol. The molecule has 1 saturated heterocycles. The van der Waals surface area contributed by atoms with Gasteiger partial charge < -0.3 is 11.1 Å². The van der Waals surface area contributed by atoms with Crippen LogP contribution in [0.3, 0.4) is 0 Å². The van der Waals surface area contributed by atoms with Crippen molar-refractivity contribution in [2.24, 2.45) is 5.73 Å². The predicted molar refractivity (Wildman–Crippen MR) is 64.0 cm³/mol. The zero-order valence-corrected chi connectivity index (χ0v) is 10.1. The summed E-state index contributed by atoms with van der Waals surface area (Å²) in [6.07, 6.45) is -1.28. The molecule has 0 bridgehead atoms. The summed E-state index contributed by atoms with van der Waals surface area (Å²) in [5.74, 6) is 0. The van der Waals surface area contributed by atoms with Crippen LogP contribution in [-0.2, 0) is 11.7 Å². The Kier molecular flexibility index (Phi) is 3.64. The third-order valence-electron chi connectivity index (χ3n) is 3.61. The molecule has 1 atom stereocenters. The lowest BCUT2D eigenvalue weighted by Crippen LogP contribution is -2.51. The highest BCUT2D eigenvalue weighted by molar-refractivity contribution is 5.31. The average Bonchev–Trinajstić information content (AvgIpc) is 2.39. The van der Waals surface area contributed by atoms with Crippen molar-refractivity contribution in [1.29, 1.82) is 0 Å². The first kappa shape index (κ1) is 13.4. The molecule has 1 aliphatic heterocycles. The summed E-state index contributed by atoms with van der Waals surface area (Å²) >= 11 is 0. The molecule has 100 valence electrons. The molecule has 1 heterocycles.